The van der Waals surface area contributed by atoms with E-state index in [1.165, 1.54) is 23.4 Å². The zero-order chi connectivity index (χ0) is 19.4. The Morgan fingerprint density at radius 2 is 1.74 bits per heavy atom. The van der Waals surface area contributed by atoms with E-state index in [-0.39, 0.29) is 18.1 Å². The molecule has 0 aliphatic carbocycles. The standard InChI is InChI=1S/C20H22F3N3O/c1-15-5-2-3-8-18(15)26-11-9-25(10-12-26)14-19(27)24-17-7-4-6-16(13-17)20(21,22)23/h2-8,13H,9-12,14H2,1H3,(H,24,27). The second-order valence-electron chi connectivity index (χ2n) is 6.68. The molecule has 1 N–H and O–H groups in total. The van der Waals surface area contributed by atoms with Gasteiger partial charge in [-0.2, -0.15) is 13.2 Å². The Morgan fingerprint density at radius 3 is 2.41 bits per heavy atom. The van der Waals surface area contributed by atoms with Crippen LogP contribution in [0.2, 0.25) is 0 Å². The lowest BCUT2D eigenvalue weighted by Gasteiger charge is -2.36. The Kier molecular flexibility index (Phi) is 5.70. The van der Waals surface area contributed by atoms with Crippen molar-refractivity contribution in [1.82, 2.24) is 4.90 Å². The summed E-state index contributed by atoms with van der Waals surface area (Å²) in [5.74, 6) is -0.307. The number of carbonyl (C=O) groups excluding carboxylic acids is 1. The van der Waals surface area contributed by atoms with Gasteiger partial charge in [0, 0.05) is 37.6 Å². The maximum atomic E-state index is 12.8. The molecule has 1 aliphatic rings. The average Bonchev–Trinajstić information content (AvgIpc) is 2.62. The van der Waals surface area contributed by atoms with E-state index in [2.05, 4.69) is 29.3 Å². The molecule has 7 heteroatoms. The number of rotatable bonds is 4. The average molecular weight is 377 g/mol. The van der Waals surface area contributed by atoms with Crippen LogP contribution in [0.4, 0.5) is 24.5 Å². The van der Waals surface area contributed by atoms with Crippen molar-refractivity contribution in [3.05, 3.63) is 59.7 Å². The molecule has 4 nitrogen and oxygen atoms in total. The number of nitrogens with zero attached hydrogens (tertiary/aromatic N) is 2. The van der Waals surface area contributed by atoms with Crippen LogP contribution in [0.15, 0.2) is 48.5 Å². The minimum atomic E-state index is -4.42. The highest BCUT2D eigenvalue weighted by Gasteiger charge is 2.30. The Hall–Kier alpha value is -2.54. The van der Waals surface area contributed by atoms with Crippen molar-refractivity contribution in [2.75, 3.05) is 42.9 Å². The molecule has 0 spiro atoms. The fraction of sp³-hybridized carbons (Fsp3) is 0.350. The maximum absolute atomic E-state index is 12.8. The number of hydrogen-bond donors (Lipinski definition) is 1. The van der Waals surface area contributed by atoms with Gasteiger partial charge in [-0.1, -0.05) is 24.3 Å². The first kappa shape index (κ1) is 19.2. The minimum absolute atomic E-state index is 0.161. The second kappa shape index (κ2) is 8.00. The van der Waals surface area contributed by atoms with E-state index < -0.39 is 11.7 Å². The number of aryl methyl sites for hydroxylation is 1. The smallest absolute Gasteiger partial charge is 0.369 e. The highest BCUT2D eigenvalue weighted by Crippen LogP contribution is 2.30. The fourth-order valence-corrected chi connectivity index (χ4v) is 3.24. The molecule has 0 aromatic heterocycles. The molecule has 0 saturated carbocycles. The van der Waals surface area contributed by atoms with Crippen molar-refractivity contribution in [3.8, 4) is 0 Å². The van der Waals surface area contributed by atoms with E-state index in [4.69, 9.17) is 0 Å². The van der Waals surface area contributed by atoms with Crippen LogP contribution in [0.25, 0.3) is 0 Å². The van der Waals surface area contributed by atoms with Gasteiger partial charge >= 0.3 is 6.18 Å². The molecule has 1 fully saturated rings. The molecule has 144 valence electrons. The van der Waals surface area contributed by atoms with Gasteiger partial charge in [-0.3, -0.25) is 9.69 Å². The SMILES string of the molecule is Cc1ccccc1N1CCN(CC(=O)Nc2cccc(C(F)(F)F)c2)CC1. The van der Waals surface area contributed by atoms with Crippen molar-refractivity contribution in [2.45, 2.75) is 13.1 Å². The zero-order valence-electron chi connectivity index (χ0n) is 15.1. The highest BCUT2D eigenvalue weighted by molar-refractivity contribution is 5.92. The fourth-order valence-electron chi connectivity index (χ4n) is 3.24. The van der Waals surface area contributed by atoms with Crippen molar-refractivity contribution in [3.63, 3.8) is 0 Å². The van der Waals surface area contributed by atoms with Crippen molar-refractivity contribution in [1.29, 1.82) is 0 Å². The number of anilines is 2. The number of para-hydroxylation sites is 1. The summed E-state index contributed by atoms with van der Waals surface area (Å²) in [6, 6.07) is 12.9. The first-order chi connectivity index (χ1) is 12.8. The van der Waals surface area contributed by atoms with Crippen molar-refractivity contribution in [2.24, 2.45) is 0 Å². The Labute approximate surface area is 156 Å². The first-order valence-corrected chi connectivity index (χ1v) is 8.83. The summed E-state index contributed by atoms with van der Waals surface area (Å²) in [6.07, 6.45) is -4.42. The third-order valence-electron chi connectivity index (χ3n) is 4.67. The largest absolute Gasteiger partial charge is 0.416 e. The molecule has 1 amide bonds. The van der Waals surface area contributed by atoms with Gasteiger partial charge in [-0.25, -0.2) is 0 Å². The minimum Gasteiger partial charge on any atom is -0.369 e. The summed E-state index contributed by atoms with van der Waals surface area (Å²) in [5.41, 5.74) is 1.80. The zero-order valence-corrected chi connectivity index (χ0v) is 15.1. The number of halogens is 3. The molecule has 27 heavy (non-hydrogen) atoms. The van der Waals surface area contributed by atoms with E-state index in [9.17, 15) is 18.0 Å². The van der Waals surface area contributed by atoms with E-state index in [0.717, 1.165) is 38.3 Å². The van der Waals surface area contributed by atoms with Crippen LogP contribution in [0.3, 0.4) is 0 Å². The summed E-state index contributed by atoms with van der Waals surface area (Å²) in [5, 5.41) is 2.56. The molecular formula is C20H22F3N3O. The van der Waals surface area contributed by atoms with E-state index in [1.807, 2.05) is 17.0 Å². The van der Waals surface area contributed by atoms with Gasteiger partial charge in [0.15, 0.2) is 0 Å². The maximum Gasteiger partial charge on any atom is 0.416 e. The second-order valence-corrected chi connectivity index (χ2v) is 6.68. The predicted molar refractivity (Wildman–Crippen MR) is 99.9 cm³/mol. The number of benzene rings is 2. The molecule has 3 rings (SSSR count). The van der Waals surface area contributed by atoms with Gasteiger partial charge in [-0.15, -0.1) is 0 Å². The summed E-state index contributed by atoms with van der Waals surface area (Å²) in [4.78, 5) is 16.5. The number of carbonyl (C=O) groups is 1. The van der Waals surface area contributed by atoms with Crippen LogP contribution in [0.5, 0.6) is 0 Å². The van der Waals surface area contributed by atoms with Gasteiger partial charge in [0.05, 0.1) is 12.1 Å². The molecule has 2 aromatic carbocycles. The molecule has 0 bridgehead atoms. The quantitative estimate of drug-likeness (QED) is 0.881. The van der Waals surface area contributed by atoms with Crippen molar-refractivity contribution >= 4 is 17.3 Å². The number of piperazine rings is 1. The van der Waals surface area contributed by atoms with E-state index in [0.29, 0.717) is 0 Å². The summed E-state index contributed by atoms with van der Waals surface area (Å²) >= 11 is 0. The molecule has 0 atom stereocenters. The lowest BCUT2D eigenvalue weighted by atomic mass is 10.1. The lowest BCUT2D eigenvalue weighted by Crippen LogP contribution is -2.48. The summed E-state index contributed by atoms with van der Waals surface area (Å²) in [7, 11) is 0. The van der Waals surface area contributed by atoms with Crippen LogP contribution in [0.1, 0.15) is 11.1 Å². The Bertz CT molecular complexity index is 799. The Balaban J connectivity index is 1.52. The molecule has 1 heterocycles. The lowest BCUT2D eigenvalue weighted by molar-refractivity contribution is -0.137. The van der Waals surface area contributed by atoms with Crippen LogP contribution in [0, 0.1) is 6.92 Å². The van der Waals surface area contributed by atoms with E-state index in [1.54, 1.807) is 0 Å². The molecular weight excluding hydrogens is 355 g/mol. The van der Waals surface area contributed by atoms with Gasteiger partial charge in [-0.05, 0) is 36.8 Å². The number of nitrogens with one attached hydrogen (secondary N) is 1. The third-order valence-corrected chi connectivity index (χ3v) is 4.67. The molecule has 1 aliphatic heterocycles. The van der Waals surface area contributed by atoms with Crippen molar-refractivity contribution < 1.29 is 18.0 Å². The molecule has 2 aromatic rings. The molecule has 1 saturated heterocycles. The molecule has 0 radical (unpaired) electrons. The van der Waals surface area contributed by atoms with Crippen LogP contribution in [-0.4, -0.2) is 43.5 Å². The van der Waals surface area contributed by atoms with Gasteiger partial charge in [0.2, 0.25) is 5.91 Å². The Morgan fingerprint density at radius 1 is 1.04 bits per heavy atom. The summed E-state index contributed by atoms with van der Waals surface area (Å²) in [6.45, 7) is 5.31. The van der Waals surface area contributed by atoms with Gasteiger partial charge < -0.3 is 10.2 Å². The van der Waals surface area contributed by atoms with Gasteiger partial charge in [0.25, 0.3) is 0 Å². The van der Waals surface area contributed by atoms with Crippen LogP contribution in [-0.2, 0) is 11.0 Å². The number of hydrogen-bond acceptors (Lipinski definition) is 3. The first-order valence-electron chi connectivity index (χ1n) is 8.83. The van der Waals surface area contributed by atoms with Gasteiger partial charge in [0.1, 0.15) is 0 Å². The monoisotopic (exact) mass is 377 g/mol. The van der Waals surface area contributed by atoms with E-state index >= 15 is 0 Å². The van der Waals surface area contributed by atoms with Crippen LogP contribution >= 0.6 is 0 Å². The normalized spacial score (nSPS) is 15.6. The number of alkyl halides is 3. The van der Waals surface area contributed by atoms with Crippen LogP contribution < -0.4 is 10.2 Å². The predicted octanol–water partition coefficient (Wildman–Crippen LogP) is 3.77. The topological polar surface area (TPSA) is 35.6 Å². The summed E-state index contributed by atoms with van der Waals surface area (Å²) < 4.78 is 38.3. The molecule has 0 unspecified atom stereocenters. The highest BCUT2D eigenvalue weighted by atomic mass is 19.4. The third kappa shape index (κ3) is 5.01. The number of amides is 1.